The lowest BCUT2D eigenvalue weighted by Crippen LogP contribution is -2.37. The summed E-state index contributed by atoms with van der Waals surface area (Å²) in [6, 6.07) is 5.48. The lowest BCUT2D eigenvalue weighted by atomic mass is 10.0. The van der Waals surface area contributed by atoms with Crippen molar-refractivity contribution in [2.45, 2.75) is 5.92 Å². The molecule has 3 rings (SSSR count). The number of aromatic nitrogens is 3. The third kappa shape index (κ3) is 3.75. The topological polar surface area (TPSA) is 86.4 Å². The molecular weight excluding hydrogens is 330 g/mol. The van der Waals surface area contributed by atoms with Crippen molar-refractivity contribution in [3.8, 4) is 5.75 Å². The van der Waals surface area contributed by atoms with Gasteiger partial charge in [0.05, 0.1) is 38.1 Å². The van der Waals surface area contributed by atoms with Gasteiger partial charge in [0.15, 0.2) is 0 Å². The molecule has 1 atom stereocenters. The second-order valence-corrected chi connectivity index (χ2v) is 5.80. The molecule has 2 N–H and O–H groups in total. The molecule has 1 aliphatic heterocycles. The van der Waals surface area contributed by atoms with E-state index in [0.29, 0.717) is 36.5 Å². The predicted molar refractivity (Wildman–Crippen MR) is 91.8 cm³/mol. The molecule has 0 aromatic carbocycles. The van der Waals surface area contributed by atoms with E-state index in [9.17, 15) is 0 Å². The fraction of sp³-hybridized carbons (Fsp3) is 0.438. The van der Waals surface area contributed by atoms with Crippen molar-refractivity contribution < 1.29 is 9.47 Å². The van der Waals surface area contributed by atoms with E-state index < -0.39 is 0 Å². The number of hydrogen-bond acceptors (Lipinski definition) is 7. The number of ether oxygens (including phenoxy) is 2. The average Bonchev–Trinajstić information content (AvgIpc) is 2.63. The van der Waals surface area contributed by atoms with Crippen molar-refractivity contribution in [1.82, 2.24) is 15.0 Å². The molecule has 128 valence electrons. The van der Waals surface area contributed by atoms with Gasteiger partial charge in [-0.15, -0.1) is 0 Å². The largest absolute Gasteiger partial charge is 0.495 e. The first-order valence-corrected chi connectivity index (χ1v) is 8.16. The zero-order valence-corrected chi connectivity index (χ0v) is 14.2. The third-order valence-electron chi connectivity index (χ3n) is 3.93. The van der Waals surface area contributed by atoms with E-state index in [-0.39, 0.29) is 5.92 Å². The Morgan fingerprint density at radius 1 is 1.33 bits per heavy atom. The number of methoxy groups -OCH3 is 1. The highest BCUT2D eigenvalue weighted by Crippen LogP contribution is 2.25. The van der Waals surface area contributed by atoms with Gasteiger partial charge in [-0.2, -0.15) is 0 Å². The van der Waals surface area contributed by atoms with E-state index in [1.54, 1.807) is 19.4 Å². The van der Waals surface area contributed by atoms with E-state index in [1.165, 1.54) is 0 Å². The number of nitrogens with two attached hydrogens (primary N) is 1. The minimum absolute atomic E-state index is 0.227. The Bertz CT molecular complexity index is 677. The Morgan fingerprint density at radius 3 is 2.75 bits per heavy atom. The Morgan fingerprint density at radius 2 is 2.12 bits per heavy atom. The number of morpholine rings is 1. The van der Waals surface area contributed by atoms with Gasteiger partial charge >= 0.3 is 0 Å². The number of halogens is 1. The first kappa shape index (κ1) is 16.9. The number of hydrogen-bond donors (Lipinski definition) is 1. The number of rotatable bonds is 5. The maximum absolute atomic E-state index is 6.22. The molecule has 0 bridgehead atoms. The maximum atomic E-state index is 6.22. The second-order valence-electron chi connectivity index (χ2n) is 5.42. The summed E-state index contributed by atoms with van der Waals surface area (Å²) in [5.41, 5.74) is 6.74. The van der Waals surface area contributed by atoms with Gasteiger partial charge in [-0.05, 0) is 12.1 Å². The van der Waals surface area contributed by atoms with Crippen molar-refractivity contribution in [2.75, 3.05) is 44.9 Å². The maximum Gasteiger partial charge on any atom is 0.142 e. The van der Waals surface area contributed by atoms with Gasteiger partial charge in [-0.1, -0.05) is 11.6 Å². The summed E-state index contributed by atoms with van der Waals surface area (Å²) < 4.78 is 10.5. The van der Waals surface area contributed by atoms with Gasteiger partial charge in [-0.3, -0.25) is 4.98 Å². The predicted octanol–water partition coefficient (Wildman–Crippen LogP) is 1.46. The molecule has 1 saturated heterocycles. The quantitative estimate of drug-likeness (QED) is 0.818. The summed E-state index contributed by atoms with van der Waals surface area (Å²) in [6.07, 6.45) is 1.66. The number of pyridine rings is 1. The molecule has 1 fully saturated rings. The Hall–Kier alpha value is -1.96. The minimum Gasteiger partial charge on any atom is -0.495 e. The molecule has 1 unspecified atom stereocenters. The molecule has 3 heterocycles. The molecule has 24 heavy (non-hydrogen) atoms. The highest BCUT2D eigenvalue weighted by molar-refractivity contribution is 6.29. The van der Waals surface area contributed by atoms with Crippen LogP contribution < -0.4 is 15.4 Å². The lowest BCUT2D eigenvalue weighted by molar-refractivity contribution is 0.122. The van der Waals surface area contributed by atoms with Crippen LogP contribution in [-0.4, -0.2) is 54.9 Å². The molecular formula is C16H20ClN5O2. The monoisotopic (exact) mass is 349 g/mol. The highest BCUT2D eigenvalue weighted by atomic mass is 35.5. The van der Waals surface area contributed by atoms with Gasteiger partial charge in [0.25, 0.3) is 0 Å². The molecule has 1 aliphatic rings. The Labute approximate surface area is 145 Å². The van der Waals surface area contributed by atoms with Crippen molar-refractivity contribution in [3.05, 3.63) is 41.1 Å². The second kappa shape index (κ2) is 7.74. The van der Waals surface area contributed by atoms with Crippen LogP contribution in [0, 0.1) is 0 Å². The molecule has 0 spiro atoms. The summed E-state index contributed by atoms with van der Waals surface area (Å²) in [5.74, 6) is 1.83. The first-order valence-electron chi connectivity index (χ1n) is 7.78. The molecule has 0 amide bonds. The van der Waals surface area contributed by atoms with Gasteiger partial charge in [0.1, 0.15) is 22.5 Å². The van der Waals surface area contributed by atoms with Crippen LogP contribution in [0.25, 0.3) is 0 Å². The Balaban J connectivity index is 1.91. The van der Waals surface area contributed by atoms with Crippen LogP contribution in [0.4, 0.5) is 5.82 Å². The fourth-order valence-corrected chi connectivity index (χ4v) is 2.79. The van der Waals surface area contributed by atoms with Crippen LogP contribution >= 0.6 is 11.6 Å². The van der Waals surface area contributed by atoms with Crippen LogP contribution in [0.3, 0.4) is 0 Å². The van der Waals surface area contributed by atoms with Crippen molar-refractivity contribution in [3.63, 3.8) is 0 Å². The summed E-state index contributed by atoms with van der Waals surface area (Å²) in [4.78, 5) is 15.6. The lowest BCUT2D eigenvalue weighted by Gasteiger charge is -2.28. The van der Waals surface area contributed by atoms with Gasteiger partial charge < -0.3 is 20.1 Å². The molecule has 8 heteroatoms. The molecule has 0 aliphatic carbocycles. The van der Waals surface area contributed by atoms with Crippen LogP contribution in [0.1, 0.15) is 17.4 Å². The van der Waals surface area contributed by atoms with Gasteiger partial charge in [0.2, 0.25) is 0 Å². The normalized spacial score (nSPS) is 16.0. The van der Waals surface area contributed by atoms with Gasteiger partial charge in [0, 0.05) is 25.7 Å². The van der Waals surface area contributed by atoms with E-state index in [2.05, 4.69) is 19.9 Å². The molecule has 0 radical (unpaired) electrons. The van der Waals surface area contributed by atoms with Crippen molar-refractivity contribution in [2.24, 2.45) is 5.73 Å². The molecule has 2 aromatic heterocycles. The minimum atomic E-state index is -0.227. The molecule has 7 nitrogen and oxygen atoms in total. The Kier molecular flexibility index (Phi) is 5.44. The number of anilines is 1. The third-order valence-corrected chi connectivity index (χ3v) is 4.13. The first-order chi connectivity index (χ1) is 11.7. The smallest absolute Gasteiger partial charge is 0.142 e. The average molecular weight is 350 g/mol. The van der Waals surface area contributed by atoms with E-state index in [4.69, 9.17) is 26.8 Å². The van der Waals surface area contributed by atoms with Crippen molar-refractivity contribution in [1.29, 1.82) is 0 Å². The summed E-state index contributed by atoms with van der Waals surface area (Å²) >= 11 is 6.22. The van der Waals surface area contributed by atoms with Crippen LogP contribution in [0.15, 0.2) is 24.4 Å². The van der Waals surface area contributed by atoms with E-state index >= 15 is 0 Å². The SMILES string of the molecule is COc1ccc(C(CN)c2nc(Cl)cc(N3CCOCC3)n2)nc1. The van der Waals surface area contributed by atoms with Crippen LogP contribution in [-0.2, 0) is 4.74 Å². The zero-order valence-electron chi connectivity index (χ0n) is 13.5. The summed E-state index contributed by atoms with van der Waals surface area (Å²) in [5, 5.41) is 0.397. The molecule has 0 saturated carbocycles. The highest BCUT2D eigenvalue weighted by Gasteiger charge is 2.21. The summed E-state index contributed by atoms with van der Waals surface area (Å²) in [6.45, 7) is 3.25. The van der Waals surface area contributed by atoms with Crippen LogP contribution in [0.5, 0.6) is 5.75 Å². The van der Waals surface area contributed by atoms with E-state index in [0.717, 1.165) is 24.6 Å². The standard InChI is InChI=1S/C16H20ClN5O2/c1-23-11-2-3-13(19-10-11)12(9-18)16-20-14(17)8-15(21-16)22-4-6-24-7-5-22/h2-3,8,10,12H,4-7,9,18H2,1H3. The van der Waals surface area contributed by atoms with E-state index in [1.807, 2.05) is 12.1 Å². The van der Waals surface area contributed by atoms with Crippen molar-refractivity contribution >= 4 is 17.4 Å². The fourth-order valence-electron chi connectivity index (χ4n) is 2.61. The van der Waals surface area contributed by atoms with Crippen LogP contribution in [0.2, 0.25) is 5.15 Å². The summed E-state index contributed by atoms with van der Waals surface area (Å²) in [7, 11) is 1.60. The molecule has 2 aromatic rings. The number of nitrogens with zero attached hydrogens (tertiary/aromatic N) is 4. The van der Waals surface area contributed by atoms with Gasteiger partial charge in [-0.25, -0.2) is 9.97 Å². The zero-order chi connectivity index (χ0) is 16.9.